The number of aromatic hydroxyl groups is 1. The summed E-state index contributed by atoms with van der Waals surface area (Å²) >= 11 is 0. The van der Waals surface area contributed by atoms with E-state index in [-0.39, 0.29) is 24.5 Å². The van der Waals surface area contributed by atoms with Crippen LogP contribution < -0.4 is 32.3 Å². The summed E-state index contributed by atoms with van der Waals surface area (Å²) in [5.41, 5.74) is 7.89. The Labute approximate surface area is 320 Å². The minimum atomic E-state index is -1.40. The van der Waals surface area contributed by atoms with E-state index in [0.29, 0.717) is 17.5 Å². The summed E-state index contributed by atoms with van der Waals surface area (Å²) in [4.78, 5) is 82.9. The van der Waals surface area contributed by atoms with Crippen LogP contribution in [-0.2, 0) is 41.6 Å². The molecule has 0 aliphatic rings. The van der Waals surface area contributed by atoms with E-state index in [4.69, 9.17) is 5.73 Å². The Morgan fingerprint density at radius 1 is 0.691 bits per heavy atom. The molecule has 2 aromatic carbocycles. The van der Waals surface area contributed by atoms with Crippen molar-refractivity contribution in [2.75, 3.05) is 6.61 Å². The van der Waals surface area contributed by atoms with E-state index in [9.17, 15) is 44.1 Å². The third-order valence-corrected chi connectivity index (χ3v) is 9.60. The fourth-order valence-corrected chi connectivity index (χ4v) is 5.83. The second-order valence-electron chi connectivity index (χ2n) is 14.5. The van der Waals surface area contributed by atoms with Crippen LogP contribution in [-0.4, -0.2) is 98.7 Å². The number of phenolic OH excluding ortho intramolecular Hbond substituents is 1. The number of aliphatic carboxylic acids is 1. The molecule has 3 aromatic rings. The number of para-hydroxylation sites is 1. The fourth-order valence-electron chi connectivity index (χ4n) is 5.83. The lowest BCUT2D eigenvalue weighted by Crippen LogP contribution is -2.62. The van der Waals surface area contributed by atoms with Crippen LogP contribution in [0.4, 0.5) is 0 Å². The lowest BCUT2D eigenvalue weighted by atomic mass is 9.95. The van der Waals surface area contributed by atoms with Gasteiger partial charge in [0.05, 0.1) is 12.6 Å². The Balaban J connectivity index is 1.87. The van der Waals surface area contributed by atoms with E-state index in [0.717, 1.165) is 10.9 Å². The second-order valence-corrected chi connectivity index (χ2v) is 14.5. The summed E-state index contributed by atoms with van der Waals surface area (Å²) < 4.78 is 0. The van der Waals surface area contributed by atoms with Gasteiger partial charge in [-0.25, -0.2) is 4.79 Å². The fraction of sp³-hybridized carbons (Fsp3) is 0.487. The van der Waals surface area contributed by atoms with Crippen molar-refractivity contribution in [3.8, 4) is 5.75 Å². The molecule has 300 valence electrons. The van der Waals surface area contributed by atoms with Crippen LogP contribution in [0.15, 0.2) is 54.7 Å². The van der Waals surface area contributed by atoms with E-state index in [1.54, 1.807) is 40.8 Å². The molecular weight excluding hydrogens is 710 g/mol. The van der Waals surface area contributed by atoms with Gasteiger partial charge in [-0.3, -0.25) is 24.0 Å². The highest BCUT2D eigenvalue weighted by molar-refractivity contribution is 5.97. The maximum Gasteiger partial charge on any atom is 0.326 e. The van der Waals surface area contributed by atoms with Crippen molar-refractivity contribution in [3.05, 3.63) is 65.9 Å². The molecule has 55 heavy (non-hydrogen) atoms. The van der Waals surface area contributed by atoms with Gasteiger partial charge in [0.2, 0.25) is 29.5 Å². The number of carboxylic acids is 1. The predicted molar refractivity (Wildman–Crippen MR) is 205 cm³/mol. The monoisotopic (exact) mass is 765 g/mol. The Kier molecular flexibility index (Phi) is 16.2. The third kappa shape index (κ3) is 12.3. The number of amides is 5. The normalized spacial score (nSPS) is 15.2. The minimum absolute atomic E-state index is 0.00336. The zero-order chi connectivity index (χ0) is 41.0. The number of aliphatic hydroxyl groups is 1. The maximum atomic E-state index is 14.1. The zero-order valence-corrected chi connectivity index (χ0v) is 32.1. The van der Waals surface area contributed by atoms with E-state index in [1.165, 1.54) is 24.3 Å². The number of carbonyl (C=O) groups excluding carboxylic acids is 5. The number of nitrogens with one attached hydrogen (secondary N) is 6. The number of rotatable bonds is 20. The van der Waals surface area contributed by atoms with E-state index in [1.807, 2.05) is 31.2 Å². The van der Waals surface area contributed by atoms with Crippen LogP contribution in [0.25, 0.3) is 10.9 Å². The Hall–Kier alpha value is -5.48. The molecule has 5 amide bonds. The third-order valence-electron chi connectivity index (χ3n) is 9.60. The number of aromatic amines is 1. The number of carbonyl (C=O) groups is 6. The molecule has 11 N–H and O–H groups in total. The zero-order valence-electron chi connectivity index (χ0n) is 32.1. The average Bonchev–Trinajstić information content (AvgIpc) is 3.56. The van der Waals surface area contributed by atoms with Gasteiger partial charge in [-0.1, -0.05) is 78.3 Å². The predicted octanol–water partition coefficient (Wildman–Crippen LogP) is 0.845. The number of carboxylic acid groups (broad SMARTS) is 1. The average molecular weight is 766 g/mol. The van der Waals surface area contributed by atoms with E-state index < -0.39 is 90.2 Å². The van der Waals surface area contributed by atoms with Crippen LogP contribution in [0.2, 0.25) is 0 Å². The van der Waals surface area contributed by atoms with Gasteiger partial charge in [0.1, 0.15) is 36.0 Å². The molecule has 0 bridgehead atoms. The first-order valence-corrected chi connectivity index (χ1v) is 18.4. The van der Waals surface area contributed by atoms with Gasteiger partial charge in [-0.2, -0.15) is 0 Å². The number of nitrogens with two attached hydrogens (primary N) is 1. The summed E-state index contributed by atoms with van der Waals surface area (Å²) in [5, 5.41) is 43.3. The van der Waals surface area contributed by atoms with Gasteiger partial charge in [-0.15, -0.1) is 0 Å². The molecule has 0 spiro atoms. The standard InChI is InChI=1S/C39H55N7O9/c1-7-22(6)33(46-37(52)32(21(4)5)45-35(50)30(19-47)44-36(51)31(40)20(2)3)38(53)42-28(17-24-18-41-27-11-9-8-10-26(24)27)34(49)43-29(39(54)55)16-23-12-14-25(48)15-13-23/h8-15,18,20-22,28-33,41,47-48H,7,16-17,19,40H2,1-6H3,(H,42,53)(H,43,49)(H,44,51)(H,45,50)(H,46,52)(H,54,55)/t22-,28-,29-,30-,31-,32-,33-/m0/s1. The number of benzene rings is 2. The summed E-state index contributed by atoms with van der Waals surface area (Å²) in [6, 6.07) is 5.84. The first-order valence-electron chi connectivity index (χ1n) is 18.4. The van der Waals surface area contributed by atoms with Crippen molar-refractivity contribution in [1.29, 1.82) is 0 Å². The number of phenols is 1. The largest absolute Gasteiger partial charge is 0.508 e. The van der Waals surface area contributed by atoms with Gasteiger partial charge in [0.25, 0.3) is 0 Å². The first kappa shape index (κ1) is 43.9. The van der Waals surface area contributed by atoms with Crippen molar-refractivity contribution in [2.45, 2.75) is 97.1 Å². The van der Waals surface area contributed by atoms with Crippen LogP contribution in [0.3, 0.4) is 0 Å². The molecule has 1 aromatic heterocycles. The number of aliphatic hydroxyl groups excluding tert-OH is 1. The van der Waals surface area contributed by atoms with E-state index >= 15 is 0 Å². The first-order chi connectivity index (χ1) is 26.0. The summed E-state index contributed by atoms with van der Waals surface area (Å²) in [5.74, 6) is -6.21. The molecule has 0 unspecified atom stereocenters. The number of fused-ring (bicyclic) bond motifs is 1. The molecule has 0 fully saturated rings. The molecule has 1 heterocycles. The van der Waals surface area contributed by atoms with Gasteiger partial charge in [-0.05, 0) is 47.1 Å². The molecule has 7 atom stereocenters. The van der Waals surface area contributed by atoms with Crippen LogP contribution in [0.5, 0.6) is 5.75 Å². The summed E-state index contributed by atoms with van der Waals surface area (Å²) in [6.07, 6.45) is 1.99. The number of aromatic nitrogens is 1. The minimum Gasteiger partial charge on any atom is -0.508 e. The SMILES string of the molecule is CC[C@H](C)[C@H](NC(=O)[C@@H](NC(=O)[C@H](CO)NC(=O)[C@@H](N)C(C)C)C(C)C)C(=O)N[C@@H](Cc1c[nH]c2ccccc12)C(=O)N[C@@H](Cc1ccc(O)cc1)C(=O)O. The van der Waals surface area contributed by atoms with Gasteiger partial charge >= 0.3 is 5.97 Å². The Bertz CT molecular complexity index is 1790. The van der Waals surface area contributed by atoms with Crippen molar-refractivity contribution in [2.24, 2.45) is 23.5 Å². The van der Waals surface area contributed by atoms with Crippen molar-refractivity contribution < 1.29 is 44.1 Å². The van der Waals surface area contributed by atoms with Crippen molar-refractivity contribution >= 4 is 46.4 Å². The van der Waals surface area contributed by atoms with Crippen molar-refractivity contribution in [3.63, 3.8) is 0 Å². The van der Waals surface area contributed by atoms with Crippen LogP contribution in [0.1, 0.15) is 59.1 Å². The van der Waals surface area contributed by atoms with E-state index in [2.05, 4.69) is 31.6 Å². The molecule has 16 nitrogen and oxygen atoms in total. The second kappa shape index (κ2) is 20.3. The van der Waals surface area contributed by atoms with Crippen LogP contribution >= 0.6 is 0 Å². The molecule has 3 rings (SSSR count). The Morgan fingerprint density at radius 3 is 1.84 bits per heavy atom. The molecule has 0 radical (unpaired) electrons. The maximum absolute atomic E-state index is 14.1. The van der Waals surface area contributed by atoms with Crippen molar-refractivity contribution in [1.82, 2.24) is 31.6 Å². The topological polar surface area (TPSA) is 265 Å². The molecule has 0 aliphatic carbocycles. The summed E-state index contributed by atoms with van der Waals surface area (Å²) in [6.45, 7) is 9.58. The van der Waals surface area contributed by atoms with Gasteiger partial charge in [0.15, 0.2) is 0 Å². The highest BCUT2D eigenvalue weighted by Crippen LogP contribution is 2.20. The molecule has 0 saturated carbocycles. The number of H-pyrrole nitrogens is 1. The van der Waals surface area contributed by atoms with Gasteiger partial charge in [0, 0.05) is 29.9 Å². The van der Waals surface area contributed by atoms with Gasteiger partial charge < -0.3 is 52.6 Å². The highest BCUT2D eigenvalue weighted by atomic mass is 16.4. The molecule has 0 saturated heterocycles. The molecule has 0 aliphatic heterocycles. The molecule has 16 heteroatoms. The van der Waals surface area contributed by atoms with Crippen LogP contribution in [0, 0.1) is 17.8 Å². The number of hydrogen-bond acceptors (Lipinski definition) is 9. The smallest absolute Gasteiger partial charge is 0.326 e. The quantitative estimate of drug-likeness (QED) is 0.0775. The Morgan fingerprint density at radius 2 is 1.25 bits per heavy atom. The highest BCUT2D eigenvalue weighted by Gasteiger charge is 2.36. The molecular formula is C39H55N7O9. The summed E-state index contributed by atoms with van der Waals surface area (Å²) in [7, 11) is 0. The lowest BCUT2D eigenvalue weighted by Gasteiger charge is -2.30. The lowest BCUT2D eigenvalue weighted by molar-refractivity contribution is -0.142. The number of hydrogen-bond donors (Lipinski definition) is 10.